The van der Waals surface area contributed by atoms with Gasteiger partial charge in [-0.15, -0.1) is 11.6 Å². The SMILES string of the molecule is Clc1cccnc1NCC(Cl)C1CC1. The van der Waals surface area contributed by atoms with Gasteiger partial charge in [0.2, 0.25) is 0 Å². The molecule has 0 bridgehead atoms. The van der Waals surface area contributed by atoms with Crippen LogP contribution in [0.1, 0.15) is 12.8 Å². The summed E-state index contributed by atoms with van der Waals surface area (Å²) in [7, 11) is 0. The lowest BCUT2D eigenvalue weighted by atomic mass is 10.3. The molecule has 2 nitrogen and oxygen atoms in total. The van der Waals surface area contributed by atoms with E-state index >= 15 is 0 Å². The van der Waals surface area contributed by atoms with Crippen LogP contribution in [0.2, 0.25) is 5.02 Å². The fourth-order valence-electron chi connectivity index (χ4n) is 1.33. The molecular weight excluding hydrogens is 219 g/mol. The van der Waals surface area contributed by atoms with Gasteiger partial charge in [0.15, 0.2) is 0 Å². The summed E-state index contributed by atoms with van der Waals surface area (Å²) in [5.41, 5.74) is 0. The number of rotatable bonds is 4. The molecule has 0 aliphatic heterocycles. The third kappa shape index (κ3) is 2.52. The lowest BCUT2D eigenvalue weighted by Gasteiger charge is -2.10. The molecule has 1 aromatic heterocycles. The van der Waals surface area contributed by atoms with E-state index in [1.165, 1.54) is 12.8 Å². The number of anilines is 1. The zero-order valence-electron chi connectivity index (χ0n) is 7.71. The van der Waals surface area contributed by atoms with Crippen molar-refractivity contribution in [2.24, 2.45) is 5.92 Å². The van der Waals surface area contributed by atoms with Crippen LogP contribution in [0.15, 0.2) is 18.3 Å². The average Bonchev–Trinajstić information content (AvgIpc) is 2.99. The summed E-state index contributed by atoms with van der Waals surface area (Å²) in [4.78, 5) is 4.13. The van der Waals surface area contributed by atoms with E-state index in [2.05, 4.69) is 10.3 Å². The first-order valence-electron chi connectivity index (χ1n) is 4.76. The first kappa shape index (κ1) is 10.1. The number of hydrogen-bond acceptors (Lipinski definition) is 2. The van der Waals surface area contributed by atoms with Crippen molar-refractivity contribution in [1.82, 2.24) is 4.98 Å². The Bertz CT molecular complexity index is 313. The van der Waals surface area contributed by atoms with Crippen LogP contribution in [0.25, 0.3) is 0 Å². The molecule has 0 spiro atoms. The summed E-state index contributed by atoms with van der Waals surface area (Å²) in [5.74, 6) is 1.41. The van der Waals surface area contributed by atoms with Crippen LogP contribution in [0.5, 0.6) is 0 Å². The second kappa shape index (κ2) is 4.37. The van der Waals surface area contributed by atoms with Gasteiger partial charge in [0, 0.05) is 12.7 Å². The van der Waals surface area contributed by atoms with Gasteiger partial charge in [-0.25, -0.2) is 4.98 Å². The van der Waals surface area contributed by atoms with Crippen molar-refractivity contribution < 1.29 is 0 Å². The Labute approximate surface area is 93.6 Å². The van der Waals surface area contributed by atoms with Crippen LogP contribution >= 0.6 is 23.2 Å². The molecule has 1 heterocycles. The summed E-state index contributed by atoms with van der Waals surface area (Å²) in [6, 6.07) is 3.63. The summed E-state index contributed by atoms with van der Waals surface area (Å²) in [5, 5.41) is 4.01. The zero-order chi connectivity index (χ0) is 9.97. The molecule has 0 radical (unpaired) electrons. The van der Waals surface area contributed by atoms with E-state index in [1.54, 1.807) is 6.20 Å². The minimum absolute atomic E-state index is 0.202. The Morgan fingerprint density at radius 3 is 3.00 bits per heavy atom. The number of pyridine rings is 1. The van der Waals surface area contributed by atoms with E-state index in [0.29, 0.717) is 10.9 Å². The highest BCUT2D eigenvalue weighted by Gasteiger charge is 2.29. The normalized spacial score (nSPS) is 17.9. The van der Waals surface area contributed by atoms with Gasteiger partial charge >= 0.3 is 0 Å². The largest absolute Gasteiger partial charge is 0.367 e. The molecule has 1 aliphatic rings. The maximum Gasteiger partial charge on any atom is 0.144 e. The van der Waals surface area contributed by atoms with E-state index in [0.717, 1.165) is 12.4 Å². The predicted molar refractivity (Wildman–Crippen MR) is 60.1 cm³/mol. The van der Waals surface area contributed by atoms with Crippen molar-refractivity contribution >= 4 is 29.0 Å². The summed E-state index contributed by atoms with van der Waals surface area (Å²) >= 11 is 12.1. The van der Waals surface area contributed by atoms with Gasteiger partial charge in [-0.1, -0.05) is 11.6 Å². The van der Waals surface area contributed by atoms with Crippen LogP contribution < -0.4 is 5.32 Å². The van der Waals surface area contributed by atoms with Crippen LogP contribution in [-0.4, -0.2) is 16.9 Å². The van der Waals surface area contributed by atoms with Gasteiger partial charge in [-0.3, -0.25) is 0 Å². The fourth-order valence-corrected chi connectivity index (χ4v) is 1.85. The average molecular weight is 231 g/mol. The van der Waals surface area contributed by atoms with Crippen LogP contribution in [0.3, 0.4) is 0 Å². The molecule has 1 N–H and O–H groups in total. The van der Waals surface area contributed by atoms with Gasteiger partial charge in [0.25, 0.3) is 0 Å². The van der Waals surface area contributed by atoms with Crippen LogP contribution in [0, 0.1) is 5.92 Å². The zero-order valence-corrected chi connectivity index (χ0v) is 9.22. The van der Waals surface area contributed by atoms with Crippen molar-refractivity contribution in [2.75, 3.05) is 11.9 Å². The monoisotopic (exact) mass is 230 g/mol. The minimum atomic E-state index is 0.202. The number of nitrogens with one attached hydrogen (secondary N) is 1. The Morgan fingerprint density at radius 1 is 1.57 bits per heavy atom. The highest BCUT2D eigenvalue weighted by Crippen LogP contribution is 2.35. The van der Waals surface area contributed by atoms with Crippen molar-refractivity contribution in [3.05, 3.63) is 23.4 Å². The summed E-state index contributed by atoms with van der Waals surface area (Å²) in [6.07, 6.45) is 4.23. The number of halogens is 2. The van der Waals surface area contributed by atoms with Crippen molar-refractivity contribution in [2.45, 2.75) is 18.2 Å². The van der Waals surface area contributed by atoms with Crippen molar-refractivity contribution in [3.63, 3.8) is 0 Å². The Morgan fingerprint density at radius 2 is 2.36 bits per heavy atom. The topological polar surface area (TPSA) is 24.9 Å². The van der Waals surface area contributed by atoms with Crippen molar-refractivity contribution in [1.29, 1.82) is 0 Å². The molecule has 1 unspecified atom stereocenters. The molecular formula is C10H12Cl2N2. The lowest BCUT2D eigenvalue weighted by Crippen LogP contribution is -2.16. The van der Waals surface area contributed by atoms with Crippen LogP contribution in [-0.2, 0) is 0 Å². The fraction of sp³-hybridized carbons (Fsp3) is 0.500. The lowest BCUT2D eigenvalue weighted by molar-refractivity contribution is 0.768. The molecule has 0 aromatic carbocycles. The summed E-state index contributed by atoms with van der Waals surface area (Å²) in [6.45, 7) is 0.739. The second-order valence-electron chi connectivity index (χ2n) is 3.57. The molecule has 1 saturated carbocycles. The van der Waals surface area contributed by atoms with E-state index in [-0.39, 0.29) is 5.38 Å². The number of nitrogens with zero attached hydrogens (tertiary/aromatic N) is 1. The standard InChI is InChI=1S/C10H12Cl2N2/c11-8-2-1-5-13-10(8)14-6-9(12)7-3-4-7/h1-2,5,7,9H,3-4,6H2,(H,13,14). The Balaban J connectivity index is 1.87. The predicted octanol–water partition coefficient (Wildman–Crippen LogP) is 3.16. The Kier molecular flexibility index (Phi) is 3.14. The molecule has 76 valence electrons. The molecule has 0 saturated heterocycles. The molecule has 1 aromatic rings. The quantitative estimate of drug-likeness (QED) is 0.805. The van der Waals surface area contributed by atoms with E-state index in [1.807, 2.05) is 12.1 Å². The van der Waals surface area contributed by atoms with Gasteiger partial charge in [-0.2, -0.15) is 0 Å². The minimum Gasteiger partial charge on any atom is -0.367 e. The number of hydrogen-bond donors (Lipinski definition) is 1. The Hall–Kier alpha value is -0.470. The molecule has 2 rings (SSSR count). The van der Waals surface area contributed by atoms with E-state index < -0.39 is 0 Å². The third-order valence-corrected chi connectivity index (χ3v) is 3.17. The molecule has 1 fully saturated rings. The van der Waals surface area contributed by atoms with Crippen molar-refractivity contribution in [3.8, 4) is 0 Å². The van der Waals surface area contributed by atoms with Gasteiger partial charge in [0.1, 0.15) is 5.82 Å². The summed E-state index contributed by atoms with van der Waals surface area (Å²) < 4.78 is 0. The first-order chi connectivity index (χ1) is 6.77. The van der Waals surface area contributed by atoms with E-state index in [9.17, 15) is 0 Å². The van der Waals surface area contributed by atoms with Gasteiger partial charge < -0.3 is 5.32 Å². The highest BCUT2D eigenvalue weighted by atomic mass is 35.5. The van der Waals surface area contributed by atoms with Gasteiger partial charge in [-0.05, 0) is 30.9 Å². The number of aromatic nitrogens is 1. The second-order valence-corrected chi connectivity index (χ2v) is 4.54. The maximum absolute atomic E-state index is 6.15. The maximum atomic E-state index is 6.15. The highest BCUT2D eigenvalue weighted by molar-refractivity contribution is 6.32. The molecule has 14 heavy (non-hydrogen) atoms. The van der Waals surface area contributed by atoms with E-state index in [4.69, 9.17) is 23.2 Å². The molecule has 1 aliphatic carbocycles. The first-order valence-corrected chi connectivity index (χ1v) is 5.57. The number of alkyl halides is 1. The smallest absolute Gasteiger partial charge is 0.144 e. The third-order valence-electron chi connectivity index (χ3n) is 2.36. The molecule has 1 atom stereocenters. The van der Waals surface area contributed by atoms with Gasteiger partial charge in [0.05, 0.1) is 10.4 Å². The molecule has 4 heteroatoms. The molecule has 0 amide bonds. The van der Waals surface area contributed by atoms with Crippen LogP contribution in [0.4, 0.5) is 5.82 Å².